The summed E-state index contributed by atoms with van der Waals surface area (Å²) in [5, 5.41) is 8.85. The molecule has 3 nitrogen and oxygen atoms in total. The summed E-state index contributed by atoms with van der Waals surface area (Å²) < 4.78 is 4.95. The van der Waals surface area contributed by atoms with Crippen LogP contribution in [0, 0.1) is 11.3 Å². The highest BCUT2D eigenvalue weighted by molar-refractivity contribution is 6.31. The highest BCUT2D eigenvalue weighted by Crippen LogP contribution is 2.23. The van der Waals surface area contributed by atoms with Crippen LogP contribution >= 0.6 is 11.6 Å². The molecule has 0 N–H and O–H groups in total. The Labute approximate surface area is 75.6 Å². The molecule has 1 rings (SSSR count). The lowest BCUT2D eigenvalue weighted by Crippen LogP contribution is -1.91. The van der Waals surface area contributed by atoms with Crippen LogP contribution in [0.5, 0.6) is 5.75 Å². The molecule has 1 heterocycles. The lowest BCUT2D eigenvalue weighted by atomic mass is 10.3. The molecule has 0 aliphatic heterocycles. The van der Waals surface area contributed by atoms with Crippen LogP contribution in [0.1, 0.15) is 5.69 Å². The molecule has 0 amide bonds. The van der Waals surface area contributed by atoms with Crippen LogP contribution in [-0.2, 0) is 6.42 Å². The molecule has 1 aromatic rings. The minimum Gasteiger partial charge on any atom is -0.495 e. The molecule has 0 aromatic carbocycles. The SMILES string of the molecule is COc1cc(CC#N)ncc1Cl. The fourth-order valence-electron chi connectivity index (χ4n) is 0.795. The van der Waals surface area contributed by atoms with E-state index in [1.165, 1.54) is 13.3 Å². The molecule has 0 aliphatic carbocycles. The van der Waals surface area contributed by atoms with Gasteiger partial charge in [0.2, 0.25) is 0 Å². The zero-order chi connectivity index (χ0) is 8.97. The number of pyridine rings is 1. The number of halogens is 1. The zero-order valence-corrected chi connectivity index (χ0v) is 7.30. The monoisotopic (exact) mass is 182 g/mol. The van der Waals surface area contributed by atoms with Crippen molar-refractivity contribution in [2.45, 2.75) is 6.42 Å². The van der Waals surface area contributed by atoms with Gasteiger partial charge in [-0.2, -0.15) is 5.26 Å². The Morgan fingerprint density at radius 2 is 2.50 bits per heavy atom. The summed E-state index contributed by atoms with van der Waals surface area (Å²) in [6, 6.07) is 3.65. The van der Waals surface area contributed by atoms with Gasteiger partial charge in [0, 0.05) is 12.3 Å². The van der Waals surface area contributed by atoms with Gasteiger partial charge in [0.15, 0.2) is 0 Å². The Kier molecular flexibility index (Phi) is 2.89. The zero-order valence-electron chi connectivity index (χ0n) is 6.54. The van der Waals surface area contributed by atoms with Crippen molar-refractivity contribution in [2.75, 3.05) is 7.11 Å². The third-order valence-electron chi connectivity index (χ3n) is 1.36. The van der Waals surface area contributed by atoms with E-state index in [1.54, 1.807) is 6.07 Å². The summed E-state index contributed by atoms with van der Waals surface area (Å²) in [4.78, 5) is 3.94. The van der Waals surface area contributed by atoms with Crippen molar-refractivity contribution < 1.29 is 4.74 Å². The predicted octanol–water partition coefficient (Wildman–Crippen LogP) is 1.81. The maximum absolute atomic E-state index is 8.39. The van der Waals surface area contributed by atoms with Crippen molar-refractivity contribution in [1.29, 1.82) is 5.26 Å². The smallest absolute Gasteiger partial charge is 0.140 e. The van der Waals surface area contributed by atoms with Crippen molar-refractivity contribution in [1.82, 2.24) is 4.98 Å². The van der Waals surface area contributed by atoms with E-state index < -0.39 is 0 Å². The quantitative estimate of drug-likeness (QED) is 0.701. The summed E-state index contributed by atoms with van der Waals surface area (Å²) in [5.74, 6) is 0.553. The van der Waals surface area contributed by atoms with Gasteiger partial charge >= 0.3 is 0 Å². The fourth-order valence-corrected chi connectivity index (χ4v) is 0.975. The Balaban J connectivity index is 2.98. The molecule has 0 bridgehead atoms. The van der Waals surface area contributed by atoms with Crippen LogP contribution in [0.3, 0.4) is 0 Å². The van der Waals surface area contributed by atoms with Crippen molar-refractivity contribution in [2.24, 2.45) is 0 Å². The second-order valence-corrected chi connectivity index (χ2v) is 2.55. The third-order valence-corrected chi connectivity index (χ3v) is 1.64. The van der Waals surface area contributed by atoms with Crippen LogP contribution < -0.4 is 4.74 Å². The van der Waals surface area contributed by atoms with Gasteiger partial charge in [0.25, 0.3) is 0 Å². The van der Waals surface area contributed by atoms with Gasteiger partial charge in [-0.05, 0) is 0 Å². The van der Waals surface area contributed by atoms with Gasteiger partial charge in [-0.15, -0.1) is 0 Å². The summed E-state index contributed by atoms with van der Waals surface area (Å²) in [7, 11) is 1.53. The fraction of sp³-hybridized carbons (Fsp3) is 0.250. The molecule has 0 saturated heterocycles. The first kappa shape index (κ1) is 8.82. The number of methoxy groups -OCH3 is 1. The minimum atomic E-state index is 0.271. The molecule has 12 heavy (non-hydrogen) atoms. The van der Waals surface area contributed by atoms with Crippen LogP contribution in [-0.4, -0.2) is 12.1 Å². The lowest BCUT2D eigenvalue weighted by molar-refractivity contribution is 0.414. The van der Waals surface area contributed by atoms with Crippen LogP contribution in [0.15, 0.2) is 12.3 Å². The number of nitriles is 1. The molecular formula is C8H7ClN2O. The van der Waals surface area contributed by atoms with Gasteiger partial charge in [-0.1, -0.05) is 11.6 Å². The maximum atomic E-state index is 8.39. The van der Waals surface area contributed by atoms with Gasteiger partial charge in [-0.3, -0.25) is 4.98 Å². The molecule has 0 spiro atoms. The molecule has 0 aliphatic rings. The first-order valence-electron chi connectivity index (χ1n) is 3.33. The molecular weight excluding hydrogens is 176 g/mol. The Bertz CT molecular complexity index is 319. The summed E-state index contributed by atoms with van der Waals surface area (Å²) in [6.07, 6.45) is 1.75. The number of rotatable bonds is 2. The highest BCUT2D eigenvalue weighted by atomic mass is 35.5. The molecule has 0 saturated carbocycles. The molecule has 0 atom stereocenters. The van der Waals surface area contributed by atoms with E-state index in [-0.39, 0.29) is 6.42 Å². The average Bonchev–Trinajstić information content (AvgIpc) is 2.09. The number of aromatic nitrogens is 1. The van der Waals surface area contributed by atoms with Gasteiger partial charge in [-0.25, -0.2) is 0 Å². The van der Waals surface area contributed by atoms with E-state index in [0.29, 0.717) is 16.5 Å². The normalized spacial score (nSPS) is 9.08. The lowest BCUT2D eigenvalue weighted by Gasteiger charge is -2.02. The largest absolute Gasteiger partial charge is 0.495 e. The molecule has 0 unspecified atom stereocenters. The Morgan fingerprint density at radius 1 is 1.75 bits per heavy atom. The second-order valence-electron chi connectivity index (χ2n) is 2.15. The predicted molar refractivity (Wildman–Crippen MR) is 45.1 cm³/mol. The molecule has 4 heteroatoms. The second kappa shape index (κ2) is 3.93. The summed E-state index contributed by atoms with van der Waals surface area (Å²) in [5.41, 5.74) is 0.666. The van der Waals surface area contributed by atoms with E-state index in [1.807, 2.05) is 6.07 Å². The van der Waals surface area contributed by atoms with Crippen molar-refractivity contribution in [3.8, 4) is 11.8 Å². The maximum Gasteiger partial charge on any atom is 0.140 e. The first-order valence-corrected chi connectivity index (χ1v) is 3.71. The molecule has 0 fully saturated rings. The number of hydrogen-bond acceptors (Lipinski definition) is 3. The van der Waals surface area contributed by atoms with E-state index in [2.05, 4.69) is 4.98 Å². The average molecular weight is 183 g/mol. The Hall–Kier alpha value is -1.27. The van der Waals surface area contributed by atoms with E-state index in [4.69, 9.17) is 21.6 Å². The number of ether oxygens (including phenoxy) is 1. The number of hydrogen-bond donors (Lipinski definition) is 0. The van der Waals surface area contributed by atoms with Crippen LogP contribution in [0.4, 0.5) is 0 Å². The van der Waals surface area contributed by atoms with Crippen molar-refractivity contribution in [3.05, 3.63) is 23.0 Å². The van der Waals surface area contributed by atoms with E-state index >= 15 is 0 Å². The summed E-state index contributed by atoms with van der Waals surface area (Å²) in [6.45, 7) is 0. The molecule has 0 radical (unpaired) electrons. The molecule has 62 valence electrons. The summed E-state index contributed by atoms with van der Waals surface area (Å²) >= 11 is 5.73. The standard InChI is InChI=1S/C8H7ClN2O/c1-12-8-4-6(2-3-10)11-5-7(8)9/h4-5H,2H2,1H3. The first-order chi connectivity index (χ1) is 5.77. The molecule has 1 aromatic heterocycles. The van der Waals surface area contributed by atoms with Gasteiger partial charge in [0.05, 0.1) is 25.3 Å². The highest BCUT2D eigenvalue weighted by Gasteiger charge is 2.02. The van der Waals surface area contributed by atoms with Crippen molar-refractivity contribution in [3.63, 3.8) is 0 Å². The van der Waals surface area contributed by atoms with E-state index in [0.717, 1.165) is 0 Å². The van der Waals surface area contributed by atoms with Gasteiger partial charge in [0.1, 0.15) is 10.8 Å². The van der Waals surface area contributed by atoms with Crippen LogP contribution in [0.25, 0.3) is 0 Å². The minimum absolute atomic E-state index is 0.271. The van der Waals surface area contributed by atoms with E-state index in [9.17, 15) is 0 Å². The number of nitrogens with zero attached hydrogens (tertiary/aromatic N) is 2. The third kappa shape index (κ3) is 1.86. The van der Waals surface area contributed by atoms with Crippen LogP contribution in [0.2, 0.25) is 5.02 Å². The Morgan fingerprint density at radius 3 is 3.08 bits per heavy atom. The van der Waals surface area contributed by atoms with Crippen molar-refractivity contribution >= 4 is 11.6 Å². The van der Waals surface area contributed by atoms with Gasteiger partial charge < -0.3 is 4.74 Å². The topological polar surface area (TPSA) is 45.9 Å².